The van der Waals surface area contributed by atoms with Gasteiger partial charge in [-0.25, -0.2) is 0 Å². The van der Waals surface area contributed by atoms with Crippen molar-refractivity contribution in [2.24, 2.45) is 0 Å². The first-order valence-corrected chi connectivity index (χ1v) is 6.23. The van der Waals surface area contributed by atoms with Gasteiger partial charge in [0.05, 0.1) is 0 Å². The highest BCUT2D eigenvalue weighted by Crippen LogP contribution is 2.16. The van der Waals surface area contributed by atoms with E-state index in [0.717, 1.165) is 29.4 Å². The molecule has 0 spiro atoms. The molecule has 0 aliphatic heterocycles. The maximum Gasteiger partial charge on any atom is 0.254 e. The number of H-pyrrole nitrogens is 1. The largest absolute Gasteiger partial charge is 0.361 e. The van der Waals surface area contributed by atoms with E-state index >= 15 is 0 Å². The first kappa shape index (κ1) is 12.4. The fourth-order valence-corrected chi connectivity index (χ4v) is 2.07. The van der Waals surface area contributed by atoms with Gasteiger partial charge in [-0.05, 0) is 30.7 Å². The highest BCUT2D eigenvalue weighted by atomic mass is 16.2. The van der Waals surface area contributed by atoms with E-state index in [1.54, 1.807) is 6.08 Å². The summed E-state index contributed by atoms with van der Waals surface area (Å²) in [5.74, 6) is 0.0693. The van der Waals surface area contributed by atoms with Crippen molar-refractivity contribution < 1.29 is 4.79 Å². The zero-order valence-corrected chi connectivity index (χ0v) is 10.6. The minimum atomic E-state index is 0.0693. The van der Waals surface area contributed by atoms with E-state index in [1.807, 2.05) is 35.4 Å². The number of nitrogens with zero attached hydrogens (tertiary/aromatic N) is 1. The summed E-state index contributed by atoms with van der Waals surface area (Å²) in [5, 5.41) is 1.07. The number of amides is 1. The molecule has 2 rings (SSSR count). The van der Waals surface area contributed by atoms with Crippen LogP contribution in [0, 0.1) is 0 Å². The molecule has 0 saturated heterocycles. The average Bonchev–Trinajstić information content (AvgIpc) is 2.84. The molecule has 2 aromatic rings. The second-order valence-electron chi connectivity index (χ2n) is 4.32. The Morgan fingerprint density at radius 3 is 3.00 bits per heavy atom. The molecule has 0 atom stereocenters. The van der Waals surface area contributed by atoms with Gasteiger partial charge in [0.15, 0.2) is 0 Å². The molecule has 0 bridgehead atoms. The Morgan fingerprint density at radius 1 is 1.44 bits per heavy atom. The zero-order chi connectivity index (χ0) is 13.0. The Labute approximate surface area is 107 Å². The zero-order valence-electron chi connectivity index (χ0n) is 10.6. The summed E-state index contributed by atoms with van der Waals surface area (Å²) in [6, 6.07) is 7.72. The van der Waals surface area contributed by atoms with Gasteiger partial charge in [-0.1, -0.05) is 13.0 Å². The van der Waals surface area contributed by atoms with Crippen LogP contribution in [0.5, 0.6) is 0 Å². The van der Waals surface area contributed by atoms with Gasteiger partial charge in [-0.3, -0.25) is 4.79 Å². The molecule has 1 amide bonds. The Kier molecular flexibility index (Phi) is 3.82. The minimum absolute atomic E-state index is 0.0693. The molecule has 0 fully saturated rings. The van der Waals surface area contributed by atoms with Crippen LogP contribution in [0.2, 0.25) is 0 Å². The number of carbonyl (C=O) groups excluding carboxylic acids is 1. The first-order valence-electron chi connectivity index (χ1n) is 6.23. The van der Waals surface area contributed by atoms with E-state index in [2.05, 4.69) is 18.5 Å². The molecule has 1 heterocycles. The van der Waals surface area contributed by atoms with Gasteiger partial charge in [-0.15, -0.1) is 6.58 Å². The number of nitrogens with one attached hydrogen (secondary N) is 1. The summed E-state index contributed by atoms with van der Waals surface area (Å²) in [6.07, 6.45) is 4.60. The summed E-state index contributed by atoms with van der Waals surface area (Å²) in [5.41, 5.74) is 1.79. The molecule has 1 aromatic carbocycles. The molecular weight excluding hydrogens is 224 g/mol. The first-order chi connectivity index (χ1) is 8.76. The summed E-state index contributed by atoms with van der Waals surface area (Å²) >= 11 is 0. The van der Waals surface area contributed by atoms with E-state index in [0.29, 0.717) is 6.54 Å². The third kappa shape index (κ3) is 2.45. The van der Waals surface area contributed by atoms with E-state index in [1.165, 1.54) is 0 Å². The van der Waals surface area contributed by atoms with Crippen molar-refractivity contribution in [3.8, 4) is 0 Å². The summed E-state index contributed by atoms with van der Waals surface area (Å²) < 4.78 is 0. The predicted molar refractivity (Wildman–Crippen MR) is 74.7 cm³/mol. The van der Waals surface area contributed by atoms with Gasteiger partial charge < -0.3 is 9.88 Å². The second-order valence-corrected chi connectivity index (χ2v) is 4.32. The molecule has 0 aliphatic rings. The van der Waals surface area contributed by atoms with Crippen LogP contribution >= 0.6 is 0 Å². The second kappa shape index (κ2) is 5.54. The van der Waals surface area contributed by atoms with Crippen LogP contribution in [-0.2, 0) is 0 Å². The highest BCUT2D eigenvalue weighted by Gasteiger charge is 2.13. The lowest BCUT2D eigenvalue weighted by molar-refractivity contribution is 0.0774. The van der Waals surface area contributed by atoms with Crippen LogP contribution in [0.3, 0.4) is 0 Å². The third-order valence-corrected chi connectivity index (χ3v) is 2.93. The van der Waals surface area contributed by atoms with Crippen LogP contribution in [-0.4, -0.2) is 28.9 Å². The number of rotatable bonds is 5. The fourth-order valence-electron chi connectivity index (χ4n) is 2.07. The standard InChI is InChI=1S/C15H18N2O/c1-3-9-17(10-4-2)15(18)13-5-6-14-12(11-13)7-8-16-14/h3,5-8,11,16H,1,4,9-10H2,2H3. The molecule has 18 heavy (non-hydrogen) atoms. The predicted octanol–water partition coefficient (Wildman–Crippen LogP) is 3.21. The number of benzene rings is 1. The molecule has 1 N–H and O–H groups in total. The van der Waals surface area contributed by atoms with Crippen LogP contribution in [0.15, 0.2) is 43.1 Å². The summed E-state index contributed by atoms with van der Waals surface area (Å²) in [4.78, 5) is 17.3. The van der Waals surface area contributed by atoms with Crippen LogP contribution in [0.1, 0.15) is 23.7 Å². The lowest BCUT2D eigenvalue weighted by atomic mass is 10.1. The number of aromatic amines is 1. The number of fused-ring (bicyclic) bond motifs is 1. The van der Waals surface area contributed by atoms with E-state index in [4.69, 9.17) is 0 Å². The Morgan fingerprint density at radius 2 is 2.28 bits per heavy atom. The number of hydrogen-bond donors (Lipinski definition) is 1. The number of carbonyl (C=O) groups is 1. The Bertz CT molecular complexity index is 556. The fraction of sp³-hybridized carbons (Fsp3) is 0.267. The SMILES string of the molecule is C=CCN(CCC)C(=O)c1ccc2[nH]ccc2c1. The maximum atomic E-state index is 12.4. The van der Waals surface area contributed by atoms with Crippen molar-refractivity contribution in [2.45, 2.75) is 13.3 Å². The quantitative estimate of drug-likeness (QED) is 0.803. The van der Waals surface area contributed by atoms with Gasteiger partial charge in [0.2, 0.25) is 0 Å². The number of aromatic nitrogens is 1. The highest BCUT2D eigenvalue weighted by molar-refractivity contribution is 5.98. The summed E-state index contributed by atoms with van der Waals surface area (Å²) in [7, 11) is 0. The van der Waals surface area contributed by atoms with E-state index in [-0.39, 0.29) is 5.91 Å². The molecule has 0 unspecified atom stereocenters. The lowest BCUT2D eigenvalue weighted by Gasteiger charge is -2.20. The third-order valence-electron chi connectivity index (χ3n) is 2.93. The van der Waals surface area contributed by atoms with Crippen LogP contribution < -0.4 is 0 Å². The van der Waals surface area contributed by atoms with Gasteiger partial charge in [0, 0.05) is 35.8 Å². The lowest BCUT2D eigenvalue weighted by Crippen LogP contribution is -2.31. The van der Waals surface area contributed by atoms with Gasteiger partial charge in [-0.2, -0.15) is 0 Å². The van der Waals surface area contributed by atoms with Crippen molar-refractivity contribution in [1.82, 2.24) is 9.88 Å². The smallest absolute Gasteiger partial charge is 0.254 e. The molecule has 3 heteroatoms. The van der Waals surface area contributed by atoms with Crippen LogP contribution in [0.4, 0.5) is 0 Å². The van der Waals surface area contributed by atoms with Crippen molar-refractivity contribution in [3.63, 3.8) is 0 Å². The van der Waals surface area contributed by atoms with Crippen LogP contribution in [0.25, 0.3) is 10.9 Å². The molecule has 3 nitrogen and oxygen atoms in total. The maximum absolute atomic E-state index is 12.4. The van der Waals surface area contributed by atoms with E-state index < -0.39 is 0 Å². The molecular formula is C15H18N2O. The molecule has 94 valence electrons. The Hall–Kier alpha value is -2.03. The molecule has 0 radical (unpaired) electrons. The molecule has 0 saturated carbocycles. The van der Waals surface area contributed by atoms with Gasteiger partial charge >= 0.3 is 0 Å². The molecule has 0 aliphatic carbocycles. The molecule has 1 aromatic heterocycles. The van der Waals surface area contributed by atoms with Gasteiger partial charge in [0.25, 0.3) is 5.91 Å². The van der Waals surface area contributed by atoms with Crippen molar-refractivity contribution in [2.75, 3.05) is 13.1 Å². The van der Waals surface area contributed by atoms with Gasteiger partial charge in [0.1, 0.15) is 0 Å². The van der Waals surface area contributed by atoms with Crippen molar-refractivity contribution >= 4 is 16.8 Å². The Balaban J connectivity index is 2.27. The number of hydrogen-bond acceptors (Lipinski definition) is 1. The normalized spacial score (nSPS) is 10.5. The van der Waals surface area contributed by atoms with Crippen molar-refractivity contribution in [1.29, 1.82) is 0 Å². The average molecular weight is 242 g/mol. The minimum Gasteiger partial charge on any atom is -0.361 e. The van der Waals surface area contributed by atoms with E-state index in [9.17, 15) is 4.79 Å². The monoisotopic (exact) mass is 242 g/mol. The topological polar surface area (TPSA) is 36.1 Å². The van der Waals surface area contributed by atoms with Crippen molar-refractivity contribution in [3.05, 3.63) is 48.7 Å². The summed E-state index contributed by atoms with van der Waals surface area (Å²) in [6.45, 7) is 7.12.